The molecule has 23 heavy (non-hydrogen) atoms. The third kappa shape index (κ3) is 4.16. The predicted molar refractivity (Wildman–Crippen MR) is 82.8 cm³/mol. The number of carbonyl (C=O) groups is 3. The molecule has 3 N–H and O–H groups in total. The van der Waals surface area contributed by atoms with Gasteiger partial charge in [-0.1, -0.05) is 30.3 Å². The minimum atomic E-state index is -1.35. The summed E-state index contributed by atoms with van der Waals surface area (Å²) in [4.78, 5) is 34.2. The average molecular weight is 313 g/mol. The van der Waals surface area contributed by atoms with Gasteiger partial charge in [-0.25, -0.2) is 9.59 Å². The van der Waals surface area contributed by atoms with Crippen molar-refractivity contribution in [2.45, 2.75) is 6.42 Å². The van der Waals surface area contributed by atoms with Gasteiger partial charge in [0.1, 0.15) is 0 Å². The van der Waals surface area contributed by atoms with Crippen molar-refractivity contribution in [3.8, 4) is 0 Å². The van der Waals surface area contributed by atoms with Gasteiger partial charge in [-0.05, 0) is 30.2 Å². The number of rotatable bonds is 6. The molecule has 2 aromatic carbocycles. The molecule has 0 atom stereocenters. The van der Waals surface area contributed by atoms with Crippen LogP contribution in [0, 0.1) is 0 Å². The number of carbonyl (C=O) groups excluding carboxylic acids is 1. The number of carboxylic acid groups (broad SMARTS) is 2. The van der Waals surface area contributed by atoms with Gasteiger partial charge >= 0.3 is 11.9 Å². The van der Waals surface area contributed by atoms with Crippen molar-refractivity contribution >= 4 is 17.8 Å². The fourth-order valence-corrected chi connectivity index (χ4v) is 2.11. The van der Waals surface area contributed by atoms with Crippen molar-refractivity contribution in [1.29, 1.82) is 0 Å². The predicted octanol–water partition coefficient (Wildman–Crippen LogP) is 2.06. The number of carboxylic acids is 2. The van der Waals surface area contributed by atoms with Crippen LogP contribution in [0.4, 0.5) is 0 Å². The standard InChI is InChI=1S/C17H15NO5/c19-15(18-9-8-11-4-2-1-3-5-11)13-7-6-12(16(20)21)10-14(13)17(22)23/h1-7,10H,8-9H2,(H,18,19)(H,20,21)(H,22,23). The Bertz CT molecular complexity index is 740. The first-order chi connectivity index (χ1) is 11.0. The van der Waals surface area contributed by atoms with E-state index in [9.17, 15) is 14.4 Å². The minimum Gasteiger partial charge on any atom is -0.478 e. The summed E-state index contributed by atoms with van der Waals surface area (Å²) in [5.74, 6) is -3.14. The Hall–Kier alpha value is -3.15. The van der Waals surface area contributed by atoms with E-state index in [1.165, 1.54) is 12.1 Å². The molecule has 0 aliphatic rings. The van der Waals surface area contributed by atoms with Crippen LogP contribution in [0.25, 0.3) is 0 Å². The Morgan fingerprint density at radius 3 is 2.17 bits per heavy atom. The topological polar surface area (TPSA) is 104 Å². The Labute approximate surface area is 132 Å². The summed E-state index contributed by atoms with van der Waals surface area (Å²) in [7, 11) is 0. The van der Waals surface area contributed by atoms with Crippen molar-refractivity contribution in [2.24, 2.45) is 0 Å². The number of aromatic carboxylic acids is 2. The molecule has 0 fully saturated rings. The third-order valence-electron chi connectivity index (χ3n) is 3.28. The van der Waals surface area contributed by atoms with Crippen molar-refractivity contribution in [3.63, 3.8) is 0 Å². The van der Waals surface area contributed by atoms with E-state index in [0.717, 1.165) is 11.6 Å². The Morgan fingerprint density at radius 1 is 0.870 bits per heavy atom. The molecule has 2 aromatic rings. The van der Waals surface area contributed by atoms with E-state index in [4.69, 9.17) is 10.2 Å². The molecule has 0 spiro atoms. The van der Waals surface area contributed by atoms with E-state index >= 15 is 0 Å². The summed E-state index contributed by atoms with van der Waals surface area (Å²) in [5, 5.41) is 20.7. The first kappa shape index (κ1) is 16.2. The highest BCUT2D eigenvalue weighted by atomic mass is 16.4. The third-order valence-corrected chi connectivity index (χ3v) is 3.28. The highest BCUT2D eigenvalue weighted by Gasteiger charge is 2.18. The second-order valence-electron chi connectivity index (χ2n) is 4.86. The number of nitrogens with one attached hydrogen (secondary N) is 1. The van der Waals surface area contributed by atoms with E-state index in [1.807, 2.05) is 30.3 Å². The lowest BCUT2D eigenvalue weighted by Crippen LogP contribution is -2.27. The van der Waals surface area contributed by atoms with Crippen LogP contribution in [-0.2, 0) is 6.42 Å². The number of hydrogen-bond acceptors (Lipinski definition) is 3. The van der Waals surface area contributed by atoms with Gasteiger partial charge in [0.05, 0.1) is 16.7 Å². The molecule has 0 unspecified atom stereocenters. The molecular formula is C17H15NO5. The SMILES string of the molecule is O=C(O)c1ccc(C(=O)NCCc2ccccc2)c(C(=O)O)c1. The van der Waals surface area contributed by atoms with Gasteiger partial charge < -0.3 is 15.5 Å². The van der Waals surface area contributed by atoms with E-state index < -0.39 is 17.8 Å². The Morgan fingerprint density at radius 2 is 1.57 bits per heavy atom. The van der Waals surface area contributed by atoms with Gasteiger partial charge in [-0.15, -0.1) is 0 Å². The lowest BCUT2D eigenvalue weighted by atomic mass is 10.0. The molecule has 0 aromatic heterocycles. The van der Waals surface area contributed by atoms with Gasteiger partial charge in [-0.3, -0.25) is 4.79 Å². The summed E-state index contributed by atoms with van der Waals surface area (Å²) in [6, 6.07) is 12.9. The monoisotopic (exact) mass is 313 g/mol. The molecule has 0 saturated carbocycles. The van der Waals surface area contributed by atoms with Crippen LogP contribution in [0.15, 0.2) is 48.5 Å². The van der Waals surface area contributed by atoms with Crippen LogP contribution in [0.2, 0.25) is 0 Å². The first-order valence-corrected chi connectivity index (χ1v) is 6.92. The lowest BCUT2D eigenvalue weighted by molar-refractivity contribution is 0.0691. The maximum Gasteiger partial charge on any atom is 0.336 e. The Balaban J connectivity index is 2.09. The molecule has 0 bridgehead atoms. The maximum atomic E-state index is 12.1. The van der Waals surface area contributed by atoms with E-state index in [1.54, 1.807) is 0 Å². The second-order valence-corrected chi connectivity index (χ2v) is 4.86. The highest BCUT2D eigenvalue weighted by Crippen LogP contribution is 2.13. The zero-order valence-corrected chi connectivity index (χ0v) is 12.2. The molecule has 1 amide bonds. The van der Waals surface area contributed by atoms with Gasteiger partial charge in [0.25, 0.3) is 5.91 Å². The zero-order valence-electron chi connectivity index (χ0n) is 12.2. The lowest BCUT2D eigenvalue weighted by Gasteiger charge is -2.09. The van der Waals surface area contributed by atoms with Gasteiger partial charge in [0.2, 0.25) is 0 Å². The smallest absolute Gasteiger partial charge is 0.336 e. The van der Waals surface area contributed by atoms with Crippen LogP contribution in [0.3, 0.4) is 0 Å². The van der Waals surface area contributed by atoms with Crippen LogP contribution in [-0.4, -0.2) is 34.6 Å². The molecule has 0 saturated heterocycles. The minimum absolute atomic E-state index is 0.0597. The van der Waals surface area contributed by atoms with Crippen molar-refractivity contribution < 1.29 is 24.6 Å². The fourth-order valence-electron chi connectivity index (χ4n) is 2.11. The van der Waals surface area contributed by atoms with Gasteiger partial charge in [0.15, 0.2) is 0 Å². The molecule has 0 radical (unpaired) electrons. The molecule has 0 aliphatic carbocycles. The first-order valence-electron chi connectivity index (χ1n) is 6.92. The summed E-state index contributed by atoms with van der Waals surface area (Å²) in [5.41, 5.74) is 0.480. The second kappa shape index (κ2) is 7.22. The highest BCUT2D eigenvalue weighted by molar-refractivity contribution is 6.06. The molecular weight excluding hydrogens is 298 g/mol. The van der Waals surface area contributed by atoms with E-state index in [2.05, 4.69) is 5.32 Å². The fraction of sp³-hybridized carbons (Fsp3) is 0.118. The van der Waals surface area contributed by atoms with E-state index in [-0.39, 0.29) is 16.7 Å². The molecule has 6 nitrogen and oxygen atoms in total. The van der Waals surface area contributed by atoms with Crippen LogP contribution in [0.1, 0.15) is 36.6 Å². The molecule has 0 heterocycles. The van der Waals surface area contributed by atoms with Crippen molar-refractivity contribution in [2.75, 3.05) is 6.54 Å². The largest absolute Gasteiger partial charge is 0.478 e. The van der Waals surface area contributed by atoms with Crippen LogP contribution < -0.4 is 5.32 Å². The Kier molecular flexibility index (Phi) is 5.09. The van der Waals surface area contributed by atoms with Gasteiger partial charge in [0, 0.05) is 6.54 Å². The average Bonchev–Trinajstić information content (AvgIpc) is 2.55. The van der Waals surface area contributed by atoms with Crippen LogP contribution >= 0.6 is 0 Å². The molecule has 118 valence electrons. The maximum absolute atomic E-state index is 12.1. The number of hydrogen-bond donors (Lipinski definition) is 3. The number of benzene rings is 2. The summed E-state index contributed by atoms with van der Waals surface area (Å²) < 4.78 is 0. The zero-order chi connectivity index (χ0) is 16.8. The summed E-state index contributed by atoms with van der Waals surface area (Å²) in [6.45, 7) is 0.350. The van der Waals surface area contributed by atoms with Gasteiger partial charge in [-0.2, -0.15) is 0 Å². The van der Waals surface area contributed by atoms with Crippen LogP contribution in [0.5, 0.6) is 0 Å². The summed E-state index contributed by atoms with van der Waals surface area (Å²) in [6.07, 6.45) is 0.613. The number of amides is 1. The molecule has 6 heteroatoms. The normalized spacial score (nSPS) is 10.1. The van der Waals surface area contributed by atoms with E-state index in [0.29, 0.717) is 13.0 Å². The van der Waals surface area contributed by atoms with Crippen molar-refractivity contribution in [3.05, 3.63) is 70.8 Å². The quantitative estimate of drug-likeness (QED) is 0.757. The summed E-state index contributed by atoms with van der Waals surface area (Å²) >= 11 is 0. The van der Waals surface area contributed by atoms with Crippen molar-refractivity contribution in [1.82, 2.24) is 5.32 Å². The molecule has 2 rings (SSSR count). The molecule has 0 aliphatic heterocycles.